The fourth-order valence-electron chi connectivity index (χ4n) is 1.67. The molecule has 2 heterocycles. The van der Waals surface area contributed by atoms with Gasteiger partial charge in [0.1, 0.15) is 12.4 Å². The second-order valence-electron chi connectivity index (χ2n) is 5.39. The largest absolute Gasteiger partial charge is 0.546 e. The number of pyridine rings is 2. The van der Waals surface area contributed by atoms with Gasteiger partial charge < -0.3 is 14.6 Å². The van der Waals surface area contributed by atoms with Crippen molar-refractivity contribution in [1.29, 1.82) is 0 Å². The van der Waals surface area contributed by atoms with E-state index in [-0.39, 0.29) is 10.8 Å². The van der Waals surface area contributed by atoms with E-state index < -0.39 is 12.6 Å². The van der Waals surface area contributed by atoms with Crippen LogP contribution < -0.4 is 19.8 Å². The molecule has 0 aliphatic heterocycles. The summed E-state index contributed by atoms with van der Waals surface area (Å²) in [5.74, 6) is -1.03. The Hall–Kier alpha value is -2.63. The number of aryl methyl sites for hydroxylation is 2. The lowest BCUT2D eigenvalue weighted by Gasteiger charge is -2.07. The number of carbonyl (C=O) groups is 1. The monoisotopic (exact) mass is 407 g/mol. The van der Waals surface area contributed by atoms with Crippen LogP contribution in [0.4, 0.5) is 0 Å². The average Bonchev–Trinajstić information content (AvgIpc) is 2.63. The molecule has 5 nitrogen and oxygen atoms in total. The van der Waals surface area contributed by atoms with Crippen LogP contribution in [-0.4, -0.2) is 12.6 Å². The molecule has 7 heteroatoms. The fourth-order valence-corrected chi connectivity index (χ4v) is 2.13. The first-order chi connectivity index (χ1) is 12.9. The molecule has 0 fully saturated rings. The van der Waals surface area contributed by atoms with E-state index in [0.717, 1.165) is 0 Å². The molecule has 27 heavy (non-hydrogen) atoms. The van der Waals surface area contributed by atoms with Gasteiger partial charge in [0.2, 0.25) is 0 Å². The third kappa shape index (κ3) is 10.8. The second-order valence-corrected chi connectivity index (χ2v) is 6.23. The van der Waals surface area contributed by atoms with Crippen LogP contribution in [0.5, 0.6) is 5.75 Å². The summed E-state index contributed by atoms with van der Waals surface area (Å²) in [5, 5.41) is 10.8. The number of carbonyl (C=O) groups excluding carboxylic acids is 1. The highest BCUT2D eigenvalue weighted by molar-refractivity contribution is 6.35. The van der Waals surface area contributed by atoms with Gasteiger partial charge in [-0.2, -0.15) is 0 Å². The predicted octanol–water partition coefficient (Wildman–Crippen LogP) is 2.74. The lowest BCUT2D eigenvalue weighted by Crippen LogP contribution is -2.28. The number of aliphatic carboxylic acids is 1. The van der Waals surface area contributed by atoms with Crippen LogP contribution in [0.1, 0.15) is 11.1 Å². The van der Waals surface area contributed by atoms with Crippen molar-refractivity contribution >= 4 is 29.2 Å². The van der Waals surface area contributed by atoms with Gasteiger partial charge in [-0.05, 0) is 43.2 Å². The molecule has 0 aliphatic carbocycles. The maximum absolute atomic E-state index is 10.0. The summed E-state index contributed by atoms with van der Waals surface area (Å²) in [6, 6.07) is 12.6. The van der Waals surface area contributed by atoms with Crippen LogP contribution in [0.25, 0.3) is 0 Å². The zero-order valence-electron chi connectivity index (χ0n) is 15.0. The number of carboxylic acids is 1. The summed E-state index contributed by atoms with van der Waals surface area (Å²) in [6.07, 6.45) is 7.65. The highest BCUT2D eigenvalue weighted by Gasteiger charge is 2.01. The van der Waals surface area contributed by atoms with E-state index in [1.54, 1.807) is 6.07 Å². The number of H-pyrrole nitrogens is 2. The van der Waals surface area contributed by atoms with Crippen LogP contribution in [0.3, 0.4) is 0 Å². The molecule has 3 aromatic rings. The van der Waals surface area contributed by atoms with Crippen molar-refractivity contribution < 1.29 is 24.6 Å². The Morgan fingerprint density at radius 1 is 0.926 bits per heavy atom. The number of rotatable bonds is 3. The molecule has 0 atom stereocenters. The summed E-state index contributed by atoms with van der Waals surface area (Å²) >= 11 is 11.3. The van der Waals surface area contributed by atoms with Crippen LogP contribution >= 0.6 is 23.2 Å². The minimum Gasteiger partial charge on any atom is -0.546 e. The van der Waals surface area contributed by atoms with Crippen LogP contribution in [0.2, 0.25) is 10.0 Å². The third-order valence-corrected chi connectivity index (χ3v) is 3.54. The maximum Gasteiger partial charge on any atom is 0.167 e. The molecule has 0 saturated heterocycles. The Kier molecular flexibility index (Phi) is 10.5. The predicted molar refractivity (Wildman–Crippen MR) is 102 cm³/mol. The van der Waals surface area contributed by atoms with Gasteiger partial charge in [0, 0.05) is 29.3 Å². The van der Waals surface area contributed by atoms with E-state index in [0.29, 0.717) is 5.02 Å². The van der Waals surface area contributed by atoms with Gasteiger partial charge in [-0.15, -0.1) is 0 Å². The molecule has 142 valence electrons. The van der Waals surface area contributed by atoms with Gasteiger partial charge in [-0.1, -0.05) is 23.2 Å². The number of benzene rings is 1. The summed E-state index contributed by atoms with van der Waals surface area (Å²) in [7, 11) is 0. The van der Waals surface area contributed by atoms with Crippen molar-refractivity contribution in [1.82, 2.24) is 0 Å². The molecule has 2 N–H and O–H groups in total. The second kappa shape index (κ2) is 12.7. The zero-order chi connectivity index (χ0) is 20.1. The number of halogens is 2. The van der Waals surface area contributed by atoms with Gasteiger partial charge in [-0.25, -0.2) is 9.97 Å². The lowest BCUT2D eigenvalue weighted by atomic mass is 10.3. The van der Waals surface area contributed by atoms with E-state index >= 15 is 0 Å². The Bertz CT molecular complexity index is 778. The van der Waals surface area contributed by atoms with E-state index in [4.69, 9.17) is 27.9 Å². The Morgan fingerprint density at radius 3 is 1.74 bits per heavy atom. The van der Waals surface area contributed by atoms with E-state index in [1.807, 2.05) is 49.1 Å². The van der Waals surface area contributed by atoms with E-state index in [9.17, 15) is 9.90 Å². The fraction of sp³-hybridized carbons (Fsp3) is 0.150. The molecule has 0 unspecified atom stereocenters. The smallest absolute Gasteiger partial charge is 0.167 e. The van der Waals surface area contributed by atoms with Crippen molar-refractivity contribution in [3.05, 3.63) is 88.4 Å². The number of hydrogen-bond donors (Lipinski definition) is 0. The normalized spacial score (nSPS) is 9.19. The maximum atomic E-state index is 10.0. The number of ether oxygens (including phenoxy) is 1. The number of nitrogens with one attached hydrogen (secondary N) is 2. The average molecular weight is 408 g/mol. The first-order valence-corrected chi connectivity index (χ1v) is 8.77. The molecular formula is C20H21Cl2N2O3+. The quantitative estimate of drug-likeness (QED) is 0.669. The van der Waals surface area contributed by atoms with Crippen molar-refractivity contribution in [3.63, 3.8) is 0 Å². The highest BCUT2D eigenvalue weighted by atomic mass is 35.5. The van der Waals surface area contributed by atoms with Crippen LogP contribution in [-0.2, 0) is 4.79 Å². The number of carboxylic acid groups (broad SMARTS) is 1. The summed E-state index contributed by atoms with van der Waals surface area (Å²) in [5.41, 5.74) is 2.58. The topological polar surface area (TPSA) is 77.6 Å². The van der Waals surface area contributed by atoms with Crippen LogP contribution in [0.15, 0.2) is 67.3 Å². The number of aromatic nitrogens is 2. The molecule has 1 aromatic carbocycles. The van der Waals surface area contributed by atoms with Crippen molar-refractivity contribution in [2.75, 3.05) is 6.61 Å². The minimum absolute atomic E-state index is 0.272. The van der Waals surface area contributed by atoms with Crippen molar-refractivity contribution in [2.24, 2.45) is 0 Å². The lowest BCUT2D eigenvalue weighted by molar-refractivity contribution is -0.378. The Morgan fingerprint density at radius 2 is 1.41 bits per heavy atom. The SMILES string of the molecule is Cc1cc[nH+]cc1.Cc1cc[nH+]cc1.O=C([O-])COc1ccc(Cl)cc1Cl. The van der Waals surface area contributed by atoms with Crippen molar-refractivity contribution in [3.8, 4) is 5.75 Å². The number of hydrogen-bond acceptors (Lipinski definition) is 3. The number of aromatic amines is 2. The van der Waals surface area contributed by atoms with Gasteiger partial charge in [0.05, 0.1) is 11.0 Å². The first kappa shape index (κ1) is 22.4. The molecule has 0 saturated carbocycles. The van der Waals surface area contributed by atoms with Gasteiger partial charge in [0.15, 0.2) is 24.8 Å². The van der Waals surface area contributed by atoms with Gasteiger partial charge >= 0.3 is 0 Å². The summed E-state index contributed by atoms with van der Waals surface area (Å²) in [6.45, 7) is 3.60. The van der Waals surface area contributed by atoms with Crippen LogP contribution in [0, 0.1) is 13.8 Å². The molecule has 0 aliphatic rings. The molecule has 0 radical (unpaired) electrons. The molecule has 0 spiro atoms. The Balaban J connectivity index is 0.000000220. The Labute approximate surface area is 168 Å². The highest BCUT2D eigenvalue weighted by Crippen LogP contribution is 2.27. The summed E-state index contributed by atoms with van der Waals surface area (Å²) < 4.78 is 4.80. The molecular weight excluding hydrogens is 387 g/mol. The van der Waals surface area contributed by atoms with Crippen molar-refractivity contribution in [2.45, 2.75) is 13.8 Å². The zero-order valence-corrected chi connectivity index (χ0v) is 16.6. The van der Waals surface area contributed by atoms with Gasteiger partial charge in [-0.3, -0.25) is 0 Å². The molecule has 0 bridgehead atoms. The molecule has 2 aromatic heterocycles. The standard InChI is InChI=1S/C8H6Cl2O3.2C6H7N/c9-5-1-2-7(6(10)3-5)13-4-8(11)12;2*1-6-2-4-7-5-3-6/h1-3H,4H2,(H,11,12);2*2-5H,1H3/p+1. The first-order valence-electron chi connectivity index (χ1n) is 8.01. The van der Waals surface area contributed by atoms with E-state index in [2.05, 4.69) is 23.8 Å². The minimum atomic E-state index is -1.30. The summed E-state index contributed by atoms with van der Waals surface area (Å²) in [4.78, 5) is 15.9. The van der Waals surface area contributed by atoms with Gasteiger partial charge in [0.25, 0.3) is 0 Å². The third-order valence-electron chi connectivity index (χ3n) is 3.01. The molecule has 3 rings (SSSR count). The molecule has 0 amide bonds. The van der Waals surface area contributed by atoms with E-state index in [1.165, 1.54) is 23.3 Å².